The average Bonchev–Trinajstić information content (AvgIpc) is 3.14. The molecule has 2 unspecified atom stereocenters. The molecule has 0 spiro atoms. The number of benzene rings is 1. The van der Waals surface area contributed by atoms with E-state index in [2.05, 4.69) is 27.8 Å². The van der Waals surface area contributed by atoms with Crippen LogP contribution >= 0.6 is 0 Å². The van der Waals surface area contributed by atoms with E-state index in [1.54, 1.807) is 6.26 Å². The summed E-state index contributed by atoms with van der Waals surface area (Å²) in [6.45, 7) is 1.83. The SMILES string of the molecule is CN(Cc1coc(-c2ccccc2)n1)CC1CC(C2CC2)NN1. The van der Waals surface area contributed by atoms with Crippen LogP contribution in [0.3, 0.4) is 0 Å². The predicted octanol–water partition coefficient (Wildman–Crippen LogP) is 2.42. The van der Waals surface area contributed by atoms with Crippen LogP contribution in [0.25, 0.3) is 11.5 Å². The van der Waals surface area contributed by atoms with Gasteiger partial charge in [0.2, 0.25) is 5.89 Å². The third-order valence-electron chi connectivity index (χ3n) is 4.74. The number of hydrazine groups is 1. The van der Waals surface area contributed by atoms with E-state index in [9.17, 15) is 0 Å². The first-order chi connectivity index (χ1) is 11.3. The maximum atomic E-state index is 5.61. The van der Waals surface area contributed by atoms with Crippen molar-refractivity contribution < 1.29 is 4.42 Å². The van der Waals surface area contributed by atoms with Gasteiger partial charge < -0.3 is 4.42 Å². The Morgan fingerprint density at radius 2 is 2.04 bits per heavy atom. The molecule has 1 aromatic heterocycles. The Bertz CT molecular complexity index is 637. The van der Waals surface area contributed by atoms with Crippen molar-refractivity contribution >= 4 is 0 Å². The molecule has 0 bridgehead atoms. The van der Waals surface area contributed by atoms with Crippen molar-refractivity contribution in [2.45, 2.75) is 37.9 Å². The Morgan fingerprint density at radius 1 is 1.22 bits per heavy atom. The van der Waals surface area contributed by atoms with Crippen molar-refractivity contribution in [3.63, 3.8) is 0 Å². The lowest BCUT2D eigenvalue weighted by atomic mass is 10.1. The molecule has 1 aliphatic carbocycles. The lowest BCUT2D eigenvalue weighted by molar-refractivity contribution is 0.286. The highest BCUT2D eigenvalue weighted by molar-refractivity contribution is 5.52. The smallest absolute Gasteiger partial charge is 0.226 e. The molecule has 1 aliphatic heterocycles. The molecule has 1 aromatic carbocycles. The highest BCUT2D eigenvalue weighted by Crippen LogP contribution is 2.35. The van der Waals surface area contributed by atoms with Crippen LogP contribution in [-0.4, -0.2) is 35.6 Å². The monoisotopic (exact) mass is 312 g/mol. The topological polar surface area (TPSA) is 53.3 Å². The number of rotatable bonds is 6. The Hall–Kier alpha value is -1.69. The van der Waals surface area contributed by atoms with Gasteiger partial charge >= 0.3 is 0 Å². The maximum absolute atomic E-state index is 5.61. The first-order valence-electron chi connectivity index (χ1n) is 8.47. The molecule has 1 saturated heterocycles. The number of oxazole rings is 1. The van der Waals surface area contributed by atoms with Gasteiger partial charge in [0.25, 0.3) is 0 Å². The van der Waals surface area contributed by atoms with Gasteiger partial charge in [0, 0.05) is 30.7 Å². The molecule has 5 heteroatoms. The van der Waals surface area contributed by atoms with Crippen molar-refractivity contribution in [1.82, 2.24) is 20.7 Å². The molecule has 4 rings (SSSR count). The van der Waals surface area contributed by atoms with Gasteiger partial charge in [-0.25, -0.2) is 4.98 Å². The van der Waals surface area contributed by atoms with Crippen molar-refractivity contribution in [3.05, 3.63) is 42.3 Å². The zero-order valence-corrected chi connectivity index (χ0v) is 13.5. The summed E-state index contributed by atoms with van der Waals surface area (Å²) < 4.78 is 5.61. The molecule has 0 radical (unpaired) electrons. The third-order valence-corrected chi connectivity index (χ3v) is 4.74. The zero-order chi connectivity index (χ0) is 15.6. The molecule has 5 nitrogen and oxygen atoms in total. The number of nitrogens with zero attached hydrogens (tertiary/aromatic N) is 2. The summed E-state index contributed by atoms with van der Waals surface area (Å²) in [4.78, 5) is 6.91. The fourth-order valence-electron chi connectivity index (χ4n) is 3.39. The van der Waals surface area contributed by atoms with E-state index < -0.39 is 0 Å². The summed E-state index contributed by atoms with van der Waals surface area (Å²) in [7, 11) is 2.14. The standard InChI is InChI=1S/C18H24N4O/c1-22(10-15-9-17(21-20-15)13-7-8-13)11-16-12-23-18(19-16)14-5-3-2-4-6-14/h2-6,12-13,15,17,20-21H,7-11H2,1H3. The van der Waals surface area contributed by atoms with Gasteiger partial charge in [-0.3, -0.25) is 15.8 Å². The number of likely N-dealkylation sites (N-methyl/N-ethyl adjacent to an activating group) is 1. The molecule has 2 fully saturated rings. The van der Waals surface area contributed by atoms with Gasteiger partial charge in [-0.1, -0.05) is 18.2 Å². The van der Waals surface area contributed by atoms with Crippen LogP contribution in [-0.2, 0) is 6.54 Å². The second-order valence-corrected chi connectivity index (χ2v) is 6.87. The fraction of sp³-hybridized carbons (Fsp3) is 0.500. The second-order valence-electron chi connectivity index (χ2n) is 6.87. The minimum absolute atomic E-state index is 0.520. The molecule has 2 aromatic rings. The van der Waals surface area contributed by atoms with Crippen LogP contribution in [0.15, 0.2) is 41.0 Å². The molecule has 122 valence electrons. The van der Waals surface area contributed by atoms with E-state index in [1.807, 2.05) is 30.3 Å². The van der Waals surface area contributed by atoms with Gasteiger partial charge in [-0.2, -0.15) is 0 Å². The fourth-order valence-corrected chi connectivity index (χ4v) is 3.39. The second kappa shape index (κ2) is 6.43. The van der Waals surface area contributed by atoms with Crippen molar-refractivity contribution in [2.75, 3.05) is 13.6 Å². The van der Waals surface area contributed by atoms with Gasteiger partial charge in [0.1, 0.15) is 6.26 Å². The van der Waals surface area contributed by atoms with Crippen LogP contribution in [0.4, 0.5) is 0 Å². The minimum Gasteiger partial charge on any atom is -0.444 e. The van der Waals surface area contributed by atoms with E-state index in [1.165, 1.54) is 19.3 Å². The molecule has 23 heavy (non-hydrogen) atoms. The molecular weight excluding hydrogens is 288 g/mol. The molecule has 2 atom stereocenters. The summed E-state index contributed by atoms with van der Waals surface area (Å²) in [5.41, 5.74) is 8.90. The van der Waals surface area contributed by atoms with Crippen molar-refractivity contribution in [2.24, 2.45) is 5.92 Å². The first kappa shape index (κ1) is 14.9. The van der Waals surface area contributed by atoms with E-state index in [0.29, 0.717) is 18.0 Å². The van der Waals surface area contributed by atoms with Crippen LogP contribution < -0.4 is 10.9 Å². The molecule has 2 aliphatic rings. The maximum Gasteiger partial charge on any atom is 0.226 e. The molecule has 2 heterocycles. The van der Waals surface area contributed by atoms with Crippen molar-refractivity contribution in [1.29, 1.82) is 0 Å². The lowest BCUT2D eigenvalue weighted by Gasteiger charge is -2.19. The van der Waals surface area contributed by atoms with Gasteiger partial charge in [-0.05, 0) is 44.4 Å². The normalized spacial score (nSPS) is 24.4. The Balaban J connectivity index is 1.30. The summed E-state index contributed by atoms with van der Waals surface area (Å²) >= 11 is 0. The zero-order valence-electron chi connectivity index (χ0n) is 13.5. The third kappa shape index (κ3) is 3.63. The van der Waals surface area contributed by atoms with Gasteiger partial charge in [-0.15, -0.1) is 0 Å². The van der Waals surface area contributed by atoms with E-state index in [-0.39, 0.29) is 0 Å². The number of hydrogen-bond donors (Lipinski definition) is 2. The van der Waals surface area contributed by atoms with E-state index in [4.69, 9.17) is 4.42 Å². The van der Waals surface area contributed by atoms with Crippen LogP contribution in [0.1, 0.15) is 25.0 Å². The Morgan fingerprint density at radius 3 is 2.83 bits per heavy atom. The lowest BCUT2D eigenvalue weighted by Crippen LogP contribution is -2.39. The van der Waals surface area contributed by atoms with Crippen LogP contribution in [0, 0.1) is 5.92 Å². The molecule has 0 amide bonds. The van der Waals surface area contributed by atoms with Gasteiger partial charge in [0.05, 0.1) is 5.69 Å². The predicted molar refractivity (Wildman–Crippen MR) is 89.5 cm³/mol. The van der Waals surface area contributed by atoms with Gasteiger partial charge in [0.15, 0.2) is 0 Å². The number of hydrogen-bond acceptors (Lipinski definition) is 5. The van der Waals surface area contributed by atoms with Crippen LogP contribution in [0.5, 0.6) is 0 Å². The number of nitrogens with one attached hydrogen (secondary N) is 2. The van der Waals surface area contributed by atoms with E-state index >= 15 is 0 Å². The van der Waals surface area contributed by atoms with E-state index in [0.717, 1.165) is 30.3 Å². The Kier molecular flexibility index (Phi) is 4.16. The quantitative estimate of drug-likeness (QED) is 0.858. The average molecular weight is 312 g/mol. The highest BCUT2D eigenvalue weighted by Gasteiger charge is 2.36. The summed E-state index contributed by atoms with van der Waals surface area (Å²) in [5.74, 6) is 1.60. The molecule has 1 saturated carbocycles. The van der Waals surface area contributed by atoms with Crippen LogP contribution in [0.2, 0.25) is 0 Å². The Labute approximate surface area is 137 Å². The first-order valence-corrected chi connectivity index (χ1v) is 8.47. The summed E-state index contributed by atoms with van der Waals surface area (Å²) in [6.07, 6.45) is 5.78. The minimum atomic E-state index is 0.520. The highest BCUT2D eigenvalue weighted by atomic mass is 16.3. The largest absolute Gasteiger partial charge is 0.444 e. The van der Waals surface area contributed by atoms with Crippen molar-refractivity contribution in [3.8, 4) is 11.5 Å². The molecule has 2 N–H and O–H groups in total. The molecular formula is C18H24N4O. The summed E-state index contributed by atoms with van der Waals surface area (Å²) in [5, 5.41) is 0. The number of aromatic nitrogens is 1. The summed E-state index contributed by atoms with van der Waals surface area (Å²) in [6, 6.07) is 11.2.